The number of rotatable bonds is 6. The first-order valence-electron chi connectivity index (χ1n) is 9.54. The minimum Gasteiger partial charge on any atom is -0.394 e. The number of hydrogen-bond donors (Lipinski definition) is 1. The molecule has 146 valence electrons. The average Bonchev–Trinajstić information content (AvgIpc) is 3.16. The Kier molecular flexibility index (Phi) is 5.64. The summed E-state index contributed by atoms with van der Waals surface area (Å²) < 4.78 is 16.1. The number of benzene rings is 1. The van der Waals surface area contributed by atoms with Crippen molar-refractivity contribution in [3.63, 3.8) is 0 Å². The van der Waals surface area contributed by atoms with Crippen molar-refractivity contribution in [2.45, 2.75) is 13.1 Å². The Morgan fingerprint density at radius 2 is 1.86 bits per heavy atom. The quantitative estimate of drug-likeness (QED) is 0.711. The Morgan fingerprint density at radius 3 is 2.64 bits per heavy atom. The van der Waals surface area contributed by atoms with Gasteiger partial charge >= 0.3 is 0 Å². The topological polar surface area (TPSA) is 57.4 Å². The second kappa shape index (κ2) is 8.50. The third kappa shape index (κ3) is 4.05. The Bertz CT molecular complexity index is 920. The molecule has 0 aliphatic carbocycles. The summed E-state index contributed by atoms with van der Waals surface area (Å²) in [5.41, 5.74) is 3.36. The molecule has 7 heteroatoms. The number of hydrogen-bond acceptors (Lipinski definition) is 5. The van der Waals surface area contributed by atoms with Crippen molar-refractivity contribution < 1.29 is 9.50 Å². The summed E-state index contributed by atoms with van der Waals surface area (Å²) in [6, 6.07) is 10.7. The minimum absolute atomic E-state index is 0.0925. The molecule has 2 aromatic heterocycles. The van der Waals surface area contributed by atoms with Gasteiger partial charge in [-0.3, -0.25) is 14.6 Å². The number of aliphatic hydroxyl groups is 1. The van der Waals surface area contributed by atoms with E-state index in [2.05, 4.69) is 19.9 Å². The van der Waals surface area contributed by atoms with E-state index in [4.69, 9.17) is 5.11 Å². The van der Waals surface area contributed by atoms with Crippen molar-refractivity contribution >= 4 is 5.69 Å². The van der Waals surface area contributed by atoms with Crippen molar-refractivity contribution in [3.8, 4) is 11.3 Å². The summed E-state index contributed by atoms with van der Waals surface area (Å²) in [6.45, 7) is 5.00. The molecule has 6 nitrogen and oxygen atoms in total. The fraction of sp³-hybridized carbons (Fsp3) is 0.333. The molecule has 0 unspecified atom stereocenters. The van der Waals surface area contributed by atoms with Crippen LogP contribution in [-0.4, -0.2) is 57.6 Å². The second-order valence-corrected chi connectivity index (χ2v) is 6.95. The van der Waals surface area contributed by atoms with E-state index in [1.165, 1.54) is 6.07 Å². The van der Waals surface area contributed by atoms with E-state index in [0.29, 0.717) is 17.8 Å². The predicted molar refractivity (Wildman–Crippen MR) is 106 cm³/mol. The maximum atomic E-state index is 14.3. The van der Waals surface area contributed by atoms with E-state index in [-0.39, 0.29) is 12.4 Å². The normalized spacial score (nSPS) is 15.1. The second-order valence-electron chi connectivity index (χ2n) is 6.95. The van der Waals surface area contributed by atoms with Gasteiger partial charge in [-0.05, 0) is 24.3 Å². The number of aromatic nitrogens is 3. The van der Waals surface area contributed by atoms with Gasteiger partial charge in [-0.2, -0.15) is 5.10 Å². The standard InChI is InChI=1S/C21H24FN5O/c22-19-5-2-1-4-18(19)21-20(6-3-7-23-21)26-10-8-25(9-11-26)15-17-14-24-27(16-17)12-13-28/h1-7,14,16,28H,8-13,15H2. The molecule has 4 rings (SSSR count). The molecule has 28 heavy (non-hydrogen) atoms. The van der Waals surface area contributed by atoms with Crippen LogP contribution in [0.15, 0.2) is 55.0 Å². The number of piperazine rings is 1. The molecule has 0 atom stereocenters. The average molecular weight is 381 g/mol. The van der Waals surface area contributed by atoms with E-state index in [1.807, 2.05) is 30.6 Å². The van der Waals surface area contributed by atoms with Gasteiger partial charge < -0.3 is 10.0 Å². The summed E-state index contributed by atoms with van der Waals surface area (Å²) in [6.07, 6.45) is 5.56. The van der Waals surface area contributed by atoms with Crippen molar-refractivity contribution in [1.82, 2.24) is 19.7 Å². The van der Waals surface area contributed by atoms with Crippen LogP contribution in [0.1, 0.15) is 5.56 Å². The van der Waals surface area contributed by atoms with Crippen LogP contribution in [0, 0.1) is 5.82 Å². The first kappa shape index (κ1) is 18.6. The van der Waals surface area contributed by atoms with Crippen LogP contribution in [0.25, 0.3) is 11.3 Å². The lowest BCUT2D eigenvalue weighted by atomic mass is 10.1. The number of pyridine rings is 1. The summed E-state index contributed by atoms with van der Waals surface area (Å²) >= 11 is 0. The molecule has 0 amide bonds. The highest BCUT2D eigenvalue weighted by Gasteiger charge is 2.21. The number of halogens is 1. The van der Waals surface area contributed by atoms with E-state index in [9.17, 15) is 4.39 Å². The molecule has 1 aliphatic heterocycles. The van der Waals surface area contributed by atoms with Crippen LogP contribution in [0.5, 0.6) is 0 Å². The van der Waals surface area contributed by atoms with Crippen molar-refractivity contribution in [2.75, 3.05) is 37.7 Å². The molecule has 1 N–H and O–H groups in total. The predicted octanol–water partition coefficient (Wildman–Crippen LogP) is 2.40. The van der Waals surface area contributed by atoms with Crippen LogP contribution < -0.4 is 4.90 Å². The lowest BCUT2D eigenvalue weighted by Gasteiger charge is -2.36. The van der Waals surface area contributed by atoms with Crippen molar-refractivity contribution in [3.05, 3.63) is 66.4 Å². The van der Waals surface area contributed by atoms with Crippen LogP contribution >= 0.6 is 0 Å². The maximum absolute atomic E-state index is 14.3. The lowest BCUT2D eigenvalue weighted by molar-refractivity contribution is 0.249. The summed E-state index contributed by atoms with van der Waals surface area (Å²) in [4.78, 5) is 9.13. The Hall–Kier alpha value is -2.77. The van der Waals surface area contributed by atoms with Crippen LogP contribution in [0.4, 0.5) is 10.1 Å². The fourth-order valence-electron chi connectivity index (χ4n) is 3.63. The smallest absolute Gasteiger partial charge is 0.132 e. The molecule has 0 saturated carbocycles. The van der Waals surface area contributed by atoms with Crippen LogP contribution in [0.3, 0.4) is 0 Å². The van der Waals surface area contributed by atoms with E-state index in [1.54, 1.807) is 23.0 Å². The molecule has 3 aromatic rings. The highest BCUT2D eigenvalue weighted by atomic mass is 19.1. The Morgan fingerprint density at radius 1 is 1.04 bits per heavy atom. The first-order valence-corrected chi connectivity index (χ1v) is 9.54. The first-order chi connectivity index (χ1) is 13.7. The zero-order chi connectivity index (χ0) is 19.3. The van der Waals surface area contributed by atoms with Gasteiger partial charge in [-0.15, -0.1) is 0 Å². The maximum Gasteiger partial charge on any atom is 0.132 e. The SMILES string of the molecule is OCCn1cc(CN2CCN(c3cccnc3-c3ccccc3F)CC2)cn1. The largest absolute Gasteiger partial charge is 0.394 e. The summed E-state index contributed by atoms with van der Waals surface area (Å²) in [7, 11) is 0. The van der Waals surface area contributed by atoms with E-state index in [0.717, 1.165) is 44.0 Å². The van der Waals surface area contributed by atoms with Gasteiger partial charge in [0.15, 0.2) is 0 Å². The fourth-order valence-corrected chi connectivity index (χ4v) is 3.63. The van der Waals surface area contributed by atoms with Gasteiger partial charge in [0.1, 0.15) is 5.82 Å². The third-order valence-electron chi connectivity index (χ3n) is 5.05. The molecule has 0 radical (unpaired) electrons. The summed E-state index contributed by atoms with van der Waals surface area (Å²) in [5, 5.41) is 13.3. The molecule has 0 bridgehead atoms. The van der Waals surface area contributed by atoms with Gasteiger partial charge in [0.25, 0.3) is 0 Å². The number of anilines is 1. The van der Waals surface area contributed by atoms with E-state index < -0.39 is 0 Å². The van der Waals surface area contributed by atoms with Gasteiger partial charge in [0.2, 0.25) is 0 Å². The molecular weight excluding hydrogens is 357 g/mol. The van der Waals surface area contributed by atoms with Gasteiger partial charge in [0.05, 0.1) is 30.7 Å². The van der Waals surface area contributed by atoms with Gasteiger partial charge in [0, 0.05) is 56.2 Å². The van der Waals surface area contributed by atoms with E-state index >= 15 is 0 Å². The number of nitrogens with zero attached hydrogens (tertiary/aromatic N) is 5. The van der Waals surface area contributed by atoms with Gasteiger partial charge in [-0.25, -0.2) is 4.39 Å². The molecular formula is C21H24FN5O. The molecule has 0 spiro atoms. The van der Waals surface area contributed by atoms with Crippen LogP contribution in [0.2, 0.25) is 0 Å². The third-order valence-corrected chi connectivity index (χ3v) is 5.05. The number of aliphatic hydroxyl groups excluding tert-OH is 1. The highest BCUT2D eigenvalue weighted by molar-refractivity contribution is 5.75. The van der Waals surface area contributed by atoms with Crippen molar-refractivity contribution in [2.24, 2.45) is 0 Å². The van der Waals surface area contributed by atoms with Crippen LogP contribution in [-0.2, 0) is 13.1 Å². The van der Waals surface area contributed by atoms with Gasteiger partial charge in [-0.1, -0.05) is 12.1 Å². The lowest BCUT2D eigenvalue weighted by Crippen LogP contribution is -2.46. The Balaban J connectivity index is 1.43. The molecule has 3 heterocycles. The molecule has 1 fully saturated rings. The van der Waals surface area contributed by atoms with Crippen molar-refractivity contribution in [1.29, 1.82) is 0 Å². The highest BCUT2D eigenvalue weighted by Crippen LogP contribution is 2.31. The monoisotopic (exact) mass is 381 g/mol. The minimum atomic E-state index is -0.249. The zero-order valence-electron chi connectivity index (χ0n) is 15.7. The zero-order valence-corrected chi connectivity index (χ0v) is 15.7. The molecule has 1 aliphatic rings. The molecule has 1 aromatic carbocycles. The summed E-state index contributed by atoms with van der Waals surface area (Å²) in [5.74, 6) is -0.249. The Labute approximate surface area is 163 Å². The molecule has 1 saturated heterocycles.